The van der Waals surface area contributed by atoms with E-state index in [1.54, 1.807) is 36.4 Å². The fourth-order valence-corrected chi connectivity index (χ4v) is 2.51. The van der Waals surface area contributed by atoms with Crippen molar-refractivity contribution < 1.29 is 14.3 Å². The van der Waals surface area contributed by atoms with Crippen LogP contribution in [0.3, 0.4) is 0 Å². The van der Waals surface area contributed by atoms with E-state index in [2.05, 4.69) is 0 Å². The number of imide groups is 1. The summed E-state index contributed by atoms with van der Waals surface area (Å²) in [6, 6.07) is 19.2. The number of ether oxygens (including phenoxy) is 1. The molecule has 0 heterocycles. The number of hydrogen-bond donors (Lipinski definition) is 1. The van der Waals surface area contributed by atoms with Crippen LogP contribution < -0.4 is 10.6 Å². The van der Waals surface area contributed by atoms with E-state index in [9.17, 15) is 9.59 Å². The van der Waals surface area contributed by atoms with Crippen molar-refractivity contribution in [1.82, 2.24) is 5.01 Å². The molecule has 0 aliphatic heterocycles. The molecule has 5 nitrogen and oxygen atoms in total. The van der Waals surface area contributed by atoms with E-state index in [1.807, 2.05) is 30.3 Å². The molecule has 0 aromatic heterocycles. The van der Waals surface area contributed by atoms with Gasteiger partial charge in [-0.25, -0.2) is 10.9 Å². The van der Waals surface area contributed by atoms with Crippen LogP contribution in [0.5, 0.6) is 5.75 Å². The van der Waals surface area contributed by atoms with Gasteiger partial charge in [0.1, 0.15) is 5.75 Å². The number of rotatable bonds is 3. The van der Waals surface area contributed by atoms with E-state index in [0.29, 0.717) is 21.9 Å². The van der Waals surface area contributed by atoms with Gasteiger partial charge in [0.2, 0.25) is 0 Å². The molecule has 0 aliphatic rings. The Morgan fingerprint density at radius 3 is 2.25 bits per heavy atom. The normalized spacial score (nSPS) is 10.4. The zero-order chi connectivity index (χ0) is 17.1. The van der Waals surface area contributed by atoms with Crippen molar-refractivity contribution in [3.63, 3.8) is 0 Å². The quantitative estimate of drug-likeness (QED) is 0.348. The molecule has 3 aromatic carbocycles. The number of amides is 2. The summed E-state index contributed by atoms with van der Waals surface area (Å²) in [7, 11) is 1.54. The largest absolute Gasteiger partial charge is 0.497 e. The second kappa shape index (κ2) is 6.52. The summed E-state index contributed by atoms with van der Waals surface area (Å²) in [6.45, 7) is 0. The van der Waals surface area contributed by atoms with Gasteiger partial charge in [0.25, 0.3) is 11.8 Å². The van der Waals surface area contributed by atoms with Gasteiger partial charge in [-0.1, -0.05) is 36.4 Å². The van der Waals surface area contributed by atoms with Crippen molar-refractivity contribution in [3.8, 4) is 5.75 Å². The first-order valence-electron chi connectivity index (χ1n) is 7.37. The third-order valence-electron chi connectivity index (χ3n) is 3.79. The van der Waals surface area contributed by atoms with E-state index in [0.717, 1.165) is 10.8 Å². The molecule has 0 spiro atoms. The van der Waals surface area contributed by atoms with Crippen molar-refractivity contribution in [2.45, 2.75) is 0 Å². The Kier molecular flexibility index (Phi) is 4.26. The van der Waals surface area contributed by atoms with Crippen LogP contribution in [-0.4, -0.2) is 23.9 Å². The number of hydrogen-bond acceptors (Lipinski definition) is 4. The highest BCUT2D eigenvalue weighted by molar-refractivity contribution is 6.14. The molecule has 3 rings (SSSR count). The molecule has 0 aliphatic carbocycles. The first-order chi connectivity index (χ1) is 11.6. The number of fused-ring (bicyclic) bond motifs is 1. The van der Waals surface area contributed by atoms with Gasteiger partial charge in [-0.2, -0.15) is 0 Å². The molecule has 2 amide bonds. The van der Waals surface area contributed by atoms with Crippen LogP contribution in [0.1, 0.15) is 20.7 Å². The van der Waals surface area contributed by atoms with Gasteiger partial charge in [-0.05, 0) is 41.1 Å². The maximum Gasteiger partial charge on any atom is 0.275 e. The maximum absolute atomic E-state index is 12.7. The molecule has 2 N–H and O–H groups in total. The lowest BCUT2D eigenvalue weighted by molar-refractivity contribution is 0.0616. The van der Waals surface area contributed by atoms with Crippen LogP contribution in [0.2, 0.25) is 0 Å². The summed E-state index contributed by atoms with van der Waals surface area (Å²) >= 11 is 0. The molecule has 0 radical (unpaired) electrons. The highest BCUT2D eigenvalue weighted by atomic mass is 16.5. The minimum absolute atomic E-state index is 0.312. The predicted molar refractivity (Wildman–Crippen MR) is 91.6 cm³/mol. The number of carbonyl (C=O) groups excluding carboxylic acids is 2. The summed E-state index contributed by atoms with van der Waals surface area (Å²) in [6.07, 6.45) is 0. The topological polar surface area (TPSA) is 72.6 Å². The molecule has 0 saturated carbocycles. The van der Waals surface area contributed by atoms with Crippen LogP contribution in [0, 0.1) is 0 Å². The van der Waals surface area contributed by atoms with E-state index in [-0.39, 0.29) is 0 Å². The Morgan fingerprint density at radius 1 is 0.875 bits per heavy atom. The van der Waals surface area contributed by atoms with Crippen molar-refractivity contribution >= 4 is 22.6 Å². The molecule has 0 fully saturated rings. The predicted octanol–water partition coefficient (Wildman–Crippen LogP) is 3.00. The third-order valence-corrected chi connectivity index (χ3v) is 3.79. The van der Waals surface area contributed by atoms with E-state index in [1.165, 1.54) is 7.11 Å². The van der Waals surface area contributed by atoms with Gasteiger partial charge in [0.05, 0.1) is 7.11 Å². The second-order valence-electron chi connectivity index (χ2n) is 5.24. The van der Waals surface area contributed by atoms with Gasteiger partial charge >= 0.3 is 0 Å². The Labute approximate surface area is 139 Å². The molecule has 3 aromatic rings. The van der Waals surface area contributed by atoms with Gasteiger partial charge in [0, 0.05) is 11.1 Å². The fraction of sp³-hybridized carbons (Fsp3) is 0.0526. The average Bonchev–Trinajstić information content (AvgIpc) is 2.66. The summed E-state index contributed by atoms with van der Waals surface area (Å²) in [4.78, 5) is 25.1. The third kappa shape index (κ3) is 2.85. The average molecular weight is 320 g/mol. The smallest absolute Gasteiger partial charge is 0.275 e. The summed E-state index contributed by atoms with van der Waals surface area (Å²) in [5.41, 5.74) is 0.698. The van der Waals surface area contributed by atoms with Crippen LogP contribution in [0.4, 0.5) is 0 Å². The van der Waals surface area contributed by atoms with Crippen LogP contribution in [0.15, 0.2) is 66.7 Å². The Morgan fingerprint density at radius 2 is 1.54 bits per heavy atom. The van der Waals surface area contributed by atoms with Gasteiger partial charge in [0.15, 0.2) is 0 Å². The van der Waals surface area contributed by atoms with Gasteiger partial charge < -0.3 is 4.74 Å². The van der Waals surface area contributed by atoms with Crippen LogP contribution in [-0.2, 0) is 0 Å². The second-order valence-corrected chi connectivity index (χ2v) is 5.24. The number of nitrogens with zero attached hydrogens (tertiary/aromatic N) is 1. The molecule has 0 bridgehead atoms. The van der Waals surface area contributed by atoms with Gasteiger partial charge in [-0.15, -0.1) is 0 Å². The molecule has 24 heavy (non-hydrogen) atoms. The Balaban J connectivity index is 1.91. The number of carbonyl (C=O) groups is 2. The molecule has 5 heteroatoms. The number of methoxy groups -OCH3 is 1. The van der Waals surface area contributed by atoms with Crippen molar-refractivity contribution in [2.75, 3.05) is 7.11 Å². The number of nitrogens with two attached hydrogens (primary N) is 1. The lowest BCUT2D eigenvalue weighted by atomic mass is 10.0. The number of benzene rings is 3. The highest BCUT2D eigenvalue weighted by Crippen LogP contribution is 2.20. The molecule has 0 atom stereocenters. The first kappa shape index (κ1) is 15.7. The van der Waals surface area contributed by atoms with E-state index < -0.39 is 11.8 Å². The van der Waals surface area contributed by atoms with Crippen molar-refractivity contribution in [2.24, 2.45) is 5.84 Å². The fourth-order valence-electron chi connectivity index (χ4n) is 2.51. The summed E-state index contributed by atoms with van der Waals surface area (Å²) in [5.74, 6) is 5.29. The van der Waals surface area contributed by atoms with Crippen LogP contribution >= 0.6 is 0 Å². The highest BCUT2D eigenvalue weighted by Gasteiger charge is 2.22. The Hall–Kier alpha value is -3.18. The van der Waals surface area contributed by atoms with E-state index in [4.69, 9.17) is 10.6 Å². The van der Waals surface area contributed by atoms with Crippen molar-refractivity contribution in [3.05, 3.63) is 77.9 Å². The van der Waals surface area contributed by atoms with Crippen LogP contribution in [0.25, 0.3) is 10.8 Å². The zero-order valence-corrected chi connectivity index (χ0v) is 13.1. The monoisotopic (exact) mass is 320 g/mol. The van der Waals surface area contributed by atoms with Crippen molar-refractivity contribution in [1.29, 1.82) is 0 Å². The lowest BCUT2D eigenvalue weighted by Gasteiger charge is -2.16. The molecular weight excluding hydrogens is 304 g/mol. The molecule has 120 valence electrons. The summed E-state index contributed by atoms with van der Waals surface area (Å²) < 4.78 is 5.05. The summed E-state index contributed by atoms with van der Waals surface area (Å²) in [5, 5.41) is 2.31. The standard InChI is InChI=1S/C19H16N2O3/c1-24-15-11-9-14(10-12-15)18(22)21(20)19(23)17-8-4-6-13-5-2-3-7-16(13)17/h2-12H,20H2,1H3. The Bertz CT molecular complexity index is 899. The number of hydrazine groups is 1. The maximum atomic E-state index is 12.7. The minimum atomic E-state index is -0.574. The minimum Gasteiger partial charge on any atom is -0.497 e. The molecule has 0 saturated heterocycles. The molecular formula is C19H16N2O3. The van der Waals surface area contributed by atoms with E-state index >= 15 is 0 Å². The van der Waals surface area contributed by atoms with Gasteiger partial charge in [-0.3, -0.25) is 9.59 Å². The zero-order valence-electron chi connectivity index (χ0n) is 13.1. The molecule has 0 unspecified atom stereocenters. The SMILES string of the molecule is COc1ccc(C(=O)N(N)C(=O)c2cccc3ccccc23)cc1. The first-order valence-corrected chi connectivity index (χ1v) is 7.37. The lowest BCUT2D eigenvalue weighted by Crippen LogP contribution is -2.42.